The third-order valence-electron chi connectivity index (χ3n) is 4.36. The molecule has 1 unspecified atom stereocenters. The zero-order valence-electron chi connectivity index (χ0n) is 16.0. The molecule has 0 aliphatic heterocycles. The number of aryl methyl sites for hydroxylation is 1. The topological polar surface area (TPSA) is 90.1 Å². The van der Waals surface area contributed by atoms with E-state index in [1.165, 1.54) is 34.8 Å². The van der Waals surface area contributed by atoms with E-state index in [1.807, 2.05) is 31.2 Å². The number of carbonyl (C=O) groups is 1. The maximum absolute atomic E-state index is 12.7. The molecule has 0 bridgehead atoms. The maximum atomic E-state index is 12.7. The zero-order valence-corrected chi connectivity index (χ0v) is 17.6. The lowest BCUT2D eigenvalue weighted by Crippen LogP contribution is -2.25. The van der Waals surface area contributed by atoms with Crippen molar-refractivity contribution in [1.29, 1.82) is 0 Å². The third kappa shape index (κ3) is 4.96. The smallest absolute Gasteiger partial charge is 0.272 e. The molecule has 1 heterocycles. The van der Waals surface area contributed by atoms with E-state index < -0.39 is 11.0 Å². The SMILES string of the molecule is Cc1ccc(Sc2cc(NC(=O)C(C)n3ncc(Cl)c3C)cc([N+](=O)[O-])c2)cc1. The highest BCUT2D eigenvalue weighted by molar-refractivity contribution is 7.99. The van der Waals surface area contributed by atoms with Gasteiger partial charge in [-0.3, -0.25) is 19.6 Å². The van der Waals surface area contributed by atoms with Crippen molar-refractivity contribution in [3.05, 3.63) is 75.1 Å². The second-order valence-electron chi connectivity index (χ2n) is 6.58. The van der Waals surface area contributed by atoms with E-state index in [0.29, 0.717) is 21.3 Å². The van der Waals surface area contributed by atoms with Gasteiger partial charge in [0, 0.05) is 27.6 Å². The lowest BCUT2D eigenvalue weighted by Gasteiger charge is -2.15. The molecule has 0 aliphatic rings. The Morgan fingerprint density at radius 2 is 1.90 bits per heavy atom. The van der Waals surface area contributed by atoms with Crippen LogP contribution < -0.4 is 5.32 Å². The molecule has 3 aromatic rings. The molecule has 2 aromatic carbocycles. The molecule has 29 heavy (non-hydrogen) atoms. The van der Waals surface area contributed by atoms with Crippen molar-refractivity contribution in [2.45, 2.75) is 36.6 Å². The molecule has 150 valence electrons. The van der Waals surface area contributed by atoms with Crippen molar-refractivity contribution in [1.82, 2.24) is 9.78 Å². The number of nitro benzene ring substituents is 1. The first kappa shape index (κ1) is 20.9. The van der Waals surface area contributed by atoms with E-state index >= 15 is 0 Å². The Hall–Kier alpha value is -2.84. The highest BCUT2D eigenvalue weighted by Gasteiger charge is 2.20. The van der Waals surface area contributed by atoms with E-state index in [0.717, 1.165) is 10.5 Å². The largest absolute Gasteiger partial charge is 0.324 e. The van der Waals surface area contributed by atoms with Gasteiger partial charge in [0.2, 0.25) is 5.91 Å². The molecule has 7 nitrogen and oxygen atoms in total. The molecular formula is C20H19ClN4O3S. The van der Waals surface area contributed by atoms with Crippen molar-refractivity contribution in [2.75, 3.05) is 5.32 Å². The van der Waals surface area contributed by atoms with Crippen molar-refractivity contribution < 1.29 is 9.72 Å². The molecule has 0 radical (unpaired) electrons. The van der Waals surface area contributed by atoms with Crippen LogP contribution in [0, 0.1) is 24.0 Å². The Bertz CT molecular complexity index is 1070. The van der Waals surface area contributed by atoms with Gasteiger partial charge in [0.05, 0.1) is 21.8 Å². The van der Waals surface area contributed by atoms with Gasteiger partial charge in [-0.2, -0.15) is 5.10 Å². The van der Waals surface area contributed by atoms with Gasteiger partial charge in [0.1, 0.15) is 6.04 Å². The Kier molecular flexibility index (Phi) is 6.24. The van der Waals surface area contributed by atoms with E-state index in [2.05, 4.69) is 10.4 Å². The van der Waals surface area contributed by atoms with Crippen LogP contribution in [0.5, 0.6) is 0 Å². The molecule has 0 saturated carbocycles. The molecule has 0 saturated heterocycles. The molecule has 1 amide bonds. The van der Waals surface area contributed by atoms with Crippen LogP contribution in [0.2, 0.25) is 5.02 Å². The summed E-state index contributed by atoms with van der Waals surface area (Å²) in [5.74, 6) is -0.348. The maximum Gasteiger partial charge on any atom is 0.272 e. The van der Waals surface area contributed by atoms with Crippen molar-refractivity contribution in [3.8, 4) is 0 Å². The van der Waals surface area contributed by atoms with E-state index in [-0.39, 0.29) is 11.6 Å². The number of aromatic nitrogens is 2. The number of anilines is 1. The second-order valence-corrected chi connectivity index (χ2v) is 8.13. The average Bonchev–Trinajstić information content (AvgIpc) is 3.01. The number of rotatable bonds is 6. The quantitative estimate of drug-likeness (QED) is 0.417. The van der Waals surface area contributed by atoms with Crippen LogP contribution in [0.25, 0.3) is 0 Å². The highest BCUT2D eigenvalue weighted by Crippen LogP contribution is 2.33. The lowest BCUT2D eigenvalue weighted by atomic mass is 10.2. The number of hydrogen-bond acceptors (Lipinski definition) is 5. The van der Waals surface area contributed by atoms with Crippen LogP contribution in [-0.2, 0) is 4.79 Å². The molecule has 1 N–H and O–H groups in total. The predicted molar refractivity (Wildman–Crippen MR) is 114 cm³/mol. The molecular weight excluding hydrogens is 412 g/mol. The summed E-state index contributed by atoms with van der Waals surface area (Å²) in [4.78, 5) is 25.1. The minimum atomic E-state index is -0.630. The summed E-state index contributed by atoms with van der Waals surface area (Å²) in [7, 11) is 0. The normalized spacial score (nSPS) is 11.9. The van der Waals surface area contributed by atoms with E-state index in [4.69, 9.17) is 11.6 Å². The molecule has 1 aromatic heterocycles. The summed E-state index contributed by atoms with van der Waals surface area (Å²) in [6.07, 6.45) is 1.48. The molecule has 0 fully saturated rings. The van der Waals surface area contributed by atoms with Gasteiger partial charge in [0.15, 0.2) is 0 Å². The summed E-state index contributed by atoms with van der Waals surface area (Å²) >= 11 is 7.40. The van der Waals surface area contributed by atoms with E-state index in [1.54, 1.807) is 19.9 Å². The minimum Gasteiger partial charge on any atom is -0.324 e. The molecule has 9 heteroatoms. The van der Waals surface area contributed by atoms with Crippen LogP contribution in [0.1, 0.15) is 24.2 Å². The number of amides is 1. The number of nitro groups is 1. The van der Waals surface area contributed by atoms with Crippen LogP contribution in [-0.4, -0.2) is 20.6 Å². The number of hydrogen-bond donors (Lipinski definition) is 1. The van der Waals surface area contributed by atoms with Crippen LogP contribution >= 0.6 is 23.4 Å². The monoisotopic (exact) mass is 430 g/mol. The first-order valence-electron chi connectivity index (χ1n) is 8.79. The van der Waals surface area contributed by atoms with Crippen LogP contribution in [0.3, 0.4) is 0 Å². The zero-order chi connectivity index (χ0) is 21.1. The molecule has 3 rings (SSSR count). The Morgan fingerprint density at radius 1 is 1.21 bits per heavy atom. The van der Waals surface area contributed by atoms with Crippen LogP contribution in [0.15, 0.2) is 58.5 Å². The fourth-order valence-electron chi connectivity index (χ4n) is 2.71. The van der Waals surface area contributed by atoms with Gasteiger partial charge in [-0.05, 0) is 39.0 Å². The highest BCUT2D eigenvalue weighted by atomic mass is 35.5. The number of benzene rings is 2. The summed E-state index contributed by atoms with van der Waals surface area (Å²) in [5.41, 5.74) is 2.05. The summed E-state index contributed by atoms with van der Waals surface area (Å²) in [5, 5.41) is 18.7. The van der Waals surface area contributed by atoms with Gasteiger partial charge < -0.3 is 5.32 Å². The van der Waals surface area contributed by atoms with Crippen LogP contribution in [0.4, 0.5) is 11.4 Å². The molecule has 0 spiro atoms. The predicted octanol–water partition coefficient (Wildman–Crippen LogP) is 5.41. The van der Waals surface area contributed by atoms with Gasteiger partial charge in [0.25, 0.3) is 5.69 Å². The van der Waals surface area contributed by atoms with Crippen molar-refractivity contribution >= 4 is 40.6 Å². The van der Waals surface area contributed by atoms with Gasteiger partial charge in [-0.15, -0.1) is 0 Å². The fourth-order valence-corrected chi connectivity index (χ4v) is 3.75. The Labute approximate surface area is 177 Å². The standard InChI is InChI=1S/C20H19ClN4O3S/c1-12-4-6-17(7-5-12)29-18-9-15(8-16(10-18)25(27)28)23-20(26)14(3)24-13(2)19(21)11-22-24/h4-11,14H,1-3H3,(H,23,26). The number of non-ortho nitro benzene ring substituents is 1. The number of nitrogens with zero attached hydrogens (tertiary/aromatic N) is 3. The second kappa shape index (κ2) is 8.67. The third-order valence-corrected chi connectivity index (χ3v) is 5.71. The fraction of sp³-hybridized carbons (Fsp3) is 0.200. The summed E-state index contributed by atoms with van der Waals surface area (Å²) in [6.45, 7) is 5.44. The number of carbonyl (C=O) groups excluding carboxylic acids is 1. The first-order chi connectivity index (χ1) is 13.7. The summed E-state index contributed by atoms with van der Waals surface area (Å²) < 4.78 is 1.51. The Balaban J connectivity index is 1.85. The van der Waals surface area contributed by atoms with Gasteiger partial charge >= 0.3 is 0 Å². The first-order valence-corrected chi connectivity index (χ1v) is 9.98. The van der Waals surface area contributed by atoms with E-state index in [9.17, 15) is 14.9 Å². The Morgan fingerprint density at radius 3 is 2.48 bits per heavy atom. The van der Waals surface area contributed by atoms with Crippen molar-refractivity contribution in [3.63, 3.8) is 0 Å². The molecule has 0 aliphatic carbocycles. The number of nitrogens with one attached hydrogen (secondary N) is 1. The number of halogens is 1. The summed E-state index contributed by atoms with van der Waals surface area (Å²) in [6, 6.07) is 11.8. The molecule has 1 atom stereocenters. The van der Waals surface area contributed by atoms with Gasteiger partial charge in [-0.25, -0.2) is 0 Å². The van der Waals surface area contributed by atoms with Gasteiger partial charge in [-0.1, -0.05) is 41.1 Å². The lowest BCUT2D eigenvalue weighted by molar-refractivity contribution is -0.385. The van der Waals surface area contributed by atoms with Crippen molar-refractivity contribution in [2.24, 2.45) is 0 Å². The minimum absolute atomic E-state index is 0.0941. The average molecular weight is 431 g/mol.